The second-order valence-electron chi connectivity index (χ2n) is 8.22. The summed E-state index contributed by atoms with van der Waals surface area (Å²) in [5.41, 5.74) is -0.828. The molecule has 4 rings (SSSR count). The van der Waals surface area contributed by atoms with Gasteiger partial charge in [0.15, 0.2) is 9.84 Å². The van der Waals surface area contributed by atoms with Crippen LogP contribution in [-0.4, -0.2) is 54.4 Å². The summed E-state index contributed by atoms with van der Waals surface area (Å²) < 4.78 is 53.4. The third-order valence-electron chi connectivity index (χ3n) is 6.00. The van der Waals surface area contributed by atoms with Crippen molar-refractivity contribution in [2.75, 3.05) is 6.54 Å². The zero-order chi connectivity index (χ0) is 22.8. The molecule has 1 N–H and O–H groups in total. The zero-order valence-corrected chi connectivity index (χ0v) is 18.4. The van der Waals surface area contributed by atoms with Crippen LogP contribution in [0.5, 0.6) is 0 Å². The Morgan fingerprint density at radius 1 is 1.26 bits per heavy atom. The van der Waals surface area contributed by atoms with E-state index in [1.807, 2.05) is 0 Å². The van der Waals surface area contributed by atoms with Gasteiger partial charge in [0.2, 0.25) is 11.8 Å². The van der Waals surface area contributed by atoms with Gasteiger partial charge in [-0.15, -0.1) is 6.42 Å². The summed E-state index contributed by atoms with van der Waals surface area (Å²) in [7, 11) is -4.08. The molecule has 1 saturated heterocycles. The van der Waals surface area contributed by atoms with Gasteiger partial charge in [-0.1, -0.05) is 29.1 Å². The van der Waals surface area contributed by atoms with Gasteiger partial charge in [0.25, 0.3) is 5.92 Å². The fourth-order valence-electron chi connectivity index (χ4n) is 3.83. The van der Waals surface area contributed by atoms with Crippen LogP contribution in [0.25, 0.3) is 0 Å². The largest absolute Gasteiger partial charge is 0.338 e. The summed E-state index contributed by atoms with van der Waals surface area (Å²) in [6.45, 7) is -0.395. The van der Waals surface area contributed by atoms with Crippen LogP contribution >= 0.6 is 23.2 Å². The number of carbonyl (C=O) groups excluding carboxylic acids is 2. The van der Waals surface area contributed by atoms with E-state index in [4.69, 9.17) is 29.6 Å². The number of hydrogen-bond donors (Lipinski definition) is 1. The molecule has 2 amide bonds. The Balaban J connectivity index is 1.63. The molecule has 11 heteroatoms. The van der Waals surface area contributed by atoms with Crippen LogP contribution in [0.4, 0.5) is 8.78 Å². The zero-order valence-electron chi connectivity index (χ0n) is 16.1. The van der Waals surface area contributed by atoms with Crippen LogP contribution in [0.1, 0.15) is 25.7 Å². The number of sulfone groups is 1. The molecule has 1 heterocycles. The predicted molar refractivity (Wildman–Crippen MR) is 110 cm³/mol. The Labute approximate surface area is 188 Å². The third-order valence-corrected chi connectivity index (χ3v) is 8.85. The molecule has 166 valence electrons. The molecule has 2 saturated carbocycles. The van der Waals surface area contributed by atoms with Crippen LogP contribution < -0.4 is 5.32 Å². The predicted octanol–water partition coefficient (Wildman–Crippen LogP) is 2.67. The maximum absolute atomic E-state index is 13.5. The molecule has 3 fully saturated rings. The van der Waals surface area contributed by atoms with Gasteiger partial charge in [-0.3, -0.25) is 9.59 Å². The van der Waals surface area contributed by atoms with Crippen LogP contribution in [0.15, 0.2) is 23.1 Å². The van der Waals surface area contributed by atoms with Crippen LogP contribution in [0.3, 0.4) is 0 Å². The van der Waals surface area contributed by atoms with Crippen LogP contribution in [0, 0.1) is 18.3 Å². The minimum Gasteiger partial charge on any atom is -0.338 e. The average Bonchev–Trinajstić information content (AvgIpc) is 3.53. The van der Waals surface area contributed by atoms with E-state index in [0.717, 1.165) is 4.90 Å². The van der Waals surface area contributed by atoms with Crippen molar-refractivity contribution in [3.63, 3.8) is 0 Å². The van der Waals surface area contributed by atoms with Crippen LogP contribution in [-0.2, 0) is 19.4 Å². The molecule has 6 nitrogen and oxygen atoms in total. The lowest BCUT2D eigenvalue weighted by Gasteiger charge is -2.25. The minimum atomic E-state index is -4.08. The quantitative estimate of drug-likeness (QED) is 0.643. The number of carbonyl (C=O) groups is 2. The molecule has 31 heavy (non-hydrogen) atoms. The highest BCUT2D eigenvalue weighted by molar-refractivity contribution is 7.92. The second kappa shape index (κ2) is 7.32. The van der Waals surface area contributed by atoms with E-state index < -0.39 is 63.3 Å². The van der Waals surface area contributed by atoms with Crippen molar-refractivity contribution in [3.05, 3.63) is 28.2 Å². The first-order valence-electron chi connectivity index (χ1n) is 9.57. The minimum absolute atomic E-state index is 0.101. The van der Waals surface area contributed by atoms with E-state index in [1.165, 1.54) is 18.2 Å². The second-order valence-corrected chi connectivity index (χ2v) is 11.3. The van der Waals surface area contributed by atoms with E-state index >= 15 is 0 Å². The maximum Gasteiger partial charge on any atom is 0.260 e. The monoisotopic (exact) mass is 490 g/mol. The molecular formula is C20H18Cl2F2N2O4S. The number of nitrogens with one attached hydrogen (secondary N) is 1. The smallest absolute Gasteiger partial charge is 0.260 e. The van der Waals surface area contributed by atoms with E-state index in [9.17, 15) is 26.8 Å². The lowest BCUT2D eigenvalue weighted by Crippen LogP contribution is -2.50. The molecule has 3 atom stereocenters. The Hall–Kier alpha value is -1.89. The van der Waals surface area contributed by atoms with Gasteiger partial charge in [-0.2, -0.15) is 0 Å². The van der Waals surface area contributed by atoms with Gasteiger partial charge in [0.05, 0.1) is 15.2 Å². The van der Waals surface area contributed by atoms with E-state index in [1.54, 1.807) is 0 Å². The molecule has 0 bridgehead atoms. The molecule has 0 radical (unpaired) electrons. The summed E-state index contributed by atoms with van der Waals surface area (Å²) in [4.78, 5) is 26.3. The fourth-order valence-corrected chi connectivity index (χ4v) is 6.30. The molecule has 1 aromatic carbocycles. The number of hydrogen-bond acceptors (Lipinski definition) is 4. The summed E-state index contributed by atoms with van der Waals surface area (Å²) in [6.07, 6.45) is 5.68. The first-order chi connectivity index (χ1) is 14.4. The van der Waals surface area contributed by atoms with Gasteiger partial charge in [0.1, 0.15) is 17.5 Å². The topological polar surface area (TPSA) is 83.6 Å². The Morgan fingerprint density at radius 3 is 2.42 bits per heavy atom. The van der Waals surface area contributed by atoms with Gasteiger partial charge in [-0.25, -0.2) is 17.2 Å². The van der Waals surface area contributed by atoms with Gasteiger partial charge >= 0.3 is 0 Å². The summed E-state index contributed by atoms with van der Waals surface area (Å²) in [5, 5.41) is 1.60. The fraction of sp³-hybridized carbons (Fsp3) is 0.500. The van der Waals surface area contributed by atoms with Crippen molar-refractivity contribution in [3.8, 4) is 12.3 Å². The highest BCUT2D eigenvalue weighted by Crippen LogP contribution is 2.50. The lowest BCUT2D eigenvalue weighted by molar-refractivity contribution is -0.141. The normalized spacial score (nSPS) is 28.0. The number of rotatable bonds is 5. The number of alkyl halides is 2. The Bertz CT molecular complexity index is 1110. The summed E-state index contributed by atoms with van der Waals surface area (Å²) in [5.74, 6) is -3.80. The molecular weight excluding hydrogens is 473 g/mol. The van der Waals surface area contributed by atoms with Crippen molar-refractivity contribution in [1.29, 1.82) is 0 Å². The number of halogens is 4. The number of amides is 2. The Kier molecular flexibility index (Phi) is 5.27. The summed E-state index contributed by atoms with van der Waals surface area (Å²) in [6, 6.07) is 2.65. The standard InChI is InChI=1S/C20H18Cl2F2N2O4S/c1-2-19(5-6-19)25-17(27)15-8-12(10-26(15)18(28)13-9-20(13,23)24)31(29,30)16-4-3-11(21)7-14(16)22/h1,3-4,7,12-13,15H,5-6,8-10H2,(H,25,27)/t12-,13?,15+/m1/s1. The number of benzene rings is 1. The van der Waals surface area contributed by atoms with Crippen LogP contribution in [0.2, 0.25) is 10.0 Å². The van der Waals surface area contributed by atoms with Crippen molar-refractivity contribution in [1.82, 2.24) is 10.2 Å². The SMILES string of the molecule is C#CC1(NC(=O)[C@@H]2C[C@@H](S(=O)(=O)c3ccc(Cl)cc3Cl)CN2C(=O)C2CC2(F)F)CC1. The number of nitrogens with zero attached hydrogens (tertiary/aromatic N) is 1. The molecule has 0 aromatic heterocycles. The maximum atomic E-state index is 13.5. The summed E-state index contributed by atoms with van der Waals surface area (Å²) >= 11 is 11.9. The van der Waals surface area contributed by atoms with Gasteiger partial charge < -0.3 is 10.2 Å². The van der Waals surface area contributed by atoms with Crippen molar-refractivity contribution in [2.45, 2.75) is 53.3 Å². The van der Waals surface area contributed by atoms with E-state index in [2.05, 4.69) is 11.2 Å². The van der Waals surface area contributed by atoms with Gasteiger partial charge in [0, 0.05) is 18.0 Å². The number of terminal acetylenes is 1. The number of likely N-dealkylation sites (tertiary alicyclic amines) is 1. The van der Waals surface area contributed by atoms with Crippen molar-refractivity contribution < 1.29 is 26.8 Å². The molecule has 1 aromatic rings. The highest BCUT2D eigenvalue weighted by atomic mass is 35.5. The average molecular weight is 491 g/mol. The first-order valence-corrected chi connectivity index (χ1v) is 11.9. The molecule has 3 aliphatic rings. The molecule has 2 aliphatic carbocycles. The third kappa shape index (κ3) is 4.01. The van der Waals surface area contributed by atoms with Crippen molar-refractivity contribution >= 4 is 44.9 Å². The van der Waals surface area contributed by atoms with Crippen molar-refractivity contribution in [2.24, 2.45) is 5.92 Å². The van der Waals surface area contributed by atoms with E-state index in [0.29, 0.717) is 12.8 Å². The lowest BCUT2D eigenvalue weighted by atomic mass is 10.1. The molecule has 0 spiro atoms. The van der Waals surface area contributed by atoms with E-state index in [-0.39, 0.29) is 21.4 Å². The first kappa shape index (κ1) is 22.3. The molecule has 1 unspecified atom stereocenters. The molecule has 1 aliphatic heterocycles. The highest BCUT2D eigenvalue weighted by Gasteiger charge is 2.64. The Morgan fingerprint density at radius 2 is 1.90 bits per heavy atom. The van der Waals surface area contributed by atoms with Gasteiger partial charge in [-0.05, 0) is 37.5 Å².